The molecule has 1 unspecified atom stereocenters. The molecule has 2 aromatic carbocycles. The highest BCUT2D eigenvalue weighted by Crippen LogP contribution is 2.36. The van der Waals surface area contributed by atoms with Gasteiger partial charge in [0.15, 0.2) is 0 Å². The van der Waals surface area contributed by atoms with Crippen LogP contribution in [0.15, 0.2) is 42.5 Å². The molecule has 0 fully saturated rings. The largest absolute Gasteiger partial charge is 0.487 e. The summed E-state index contributed by atoms with van der Waals surface area (Å²) < 4.78 is 5.74. The number of hydrogen-bond donors (Lipinski definition) is 1. The zero-order valence-corrected chi connectivity index (χ0v) is 13.4. The fraction of sp³-hybridized carbons (Fsp3) is 0.188. The molecule has 2 amide bonds. The first-order valence-electron chi connectivity index (χ1n) is 6.83. The topological polar surface area (TPSA) is 41.6 Å². The van der Waals surface area contributed by atoms with Crippen LogP contribution >= 0.6 is 23.2 Å². The van der Waals surface area contributed by atoms with E-state index in [4.69, 9.17) is 27.9 Å². The van der Waals surface area contributed by atoms with E-state index in [0.29, 0.717) is 33.7 Å². The maximum absolute atomic E-state index is 12.6. The van der Waals surface area contributed by atoms with Crippen LogP contribution in [-0.2, 0) is 0 Å². The Balaban J connectivity index is 1.86. The number of benzene rings is 2. The second-order valence-electron chi connectivity index (χ2n) is 5.09. The number of hydrogen-bond acceptors (Lipinski definition) is 2. The Labute approximate surface area is 138 Å². The summed E-state index contributed by atoms with van der Waals surface area (Å²) in [6, 6.07) is 12.0. The molecule has 1 atom stereocenters. The maximum atomic E-state index is 12.6. The molecule has 3 rings (SSSR count). The lowest BCUT2D eigenvalue weighted by molar-refractivity contribution is 0.208. The first kappa shape index (κ1) is 15.0. The van der Waals surface area contributed by atoms with E-state index >= 15 is 0 Å². The van der Waals surface area contributed by atoms with Crippen molar-refractivity contribution in [2.75, 3.05) is 16.8 Å². The molecule has 22 heavy (non-hydrogen) atoms. The molecular weight excluding hydrogens is 323 g/mol. The van der Waals surface area contributed by atoms with Gasteiger partial charge in [-0.2, -0.15) is 0 Å². The van der Waals surface area contributed by atoms with Gasteiger partial charge >= 0.3 is 6.03 Å². The lowest BCUT2D eigenvalue weighted by Crippen LogP contribution is -2.44. The molecule has 4 nitrogen and oxygen atoms in total. The van der Waals surface area contributed by atoms with E-state index < -0.39 is 0 Å². The zero-order chi connectivity index (χ0) is 15.7. The number of ether oxygens (including phenoxy) is 1. The molecule has 0 spiro atoms. The van der Waals surface area contributed by atoms with E-state index in [1.165, 1.54) is 0 Å². The minimum absolute atomic E-state index is 0.0929. The Morgan fingerprint density at radius 1 is 1.18 bits per heavy atom. The molecule has 2 aromatic rings. The Morgan fingerprint density at radius 3 is 2.59 bits per heavy atom. The normalized spacial score (nSPS) is 16.7. The summed E-state index contributed by atoms with van der Waals surface area (Å²) in [6.45, 7) is 2.37. The molecule has 0 saturated carbocycles. The Bertz CT molecular complexity index is 704. The number of anilines is 2. The van der Waals surface area contributed by atoms with Crippen molar-refractivity contribution < 1.29 is 9.53 Å². The van der Waals surface area contributed by atoms with Crippen molar-refractivity contribution in [2.24, 2.45) is 0 Å². The smallest absolute Gasteiger partial charge is 0.326 e. The van der Waals surface area contributed by atoms with E-state index in [0.717, 1.165) is 0 Å². The number of carbonyl (C=O) groups is 1. The summed E-state index contributed by atoms with van der Waals surface area (Å²) >= 11 is 11.9. The summed E-state index contributed by atoms with van der Waals surface area (Å²) in [6.07, 6.45) is -0.0929. The average molecular weight is 337 g/mol. The summed E-state index contributed by atoms with van der Waals surface area (Å²) in [5.41, 5.74) is 1.34. The second-order valence-corrected chi connectivity index (χ2v) is 5.96. The highest BCUT2D eigenvalue weighted by Gasteiger charge is 2.27. The van der Waals surface area contributed by atoms with E-state index in [1.807, 2.05) is 6.92 Å². The molecule has 1 aliphatic heterocycles. The van der Waals surface area contributed by atoms with E-state index in [-0.39, 0.29) is 12.1 Å². The Kier molecular flexibility index (Phi) is 4.14. The Morgan fingerprint density at radius 2 is 1.86 bits per heavy atom. The van der Waals surface area contributed by atoms with Crippen molar-refractivity contribution in [1.82, 2.24) is 0 Å². The van der Waals surface area contributed by atoms with Crippen LogP contribution < -0.4 is 15.0 Å². The molecule has 0 aliphatic carbocycles. The zero-order valence-electron chi connectivity index (χ0n) is 11.8. The molecule has 1 N–H and O–H groups in total. The number of rotatable bonds is 1. The van der Waals surface area contributed by atoms with Crippen molar-refractivity contribution in [3.63, 3.8) is 0 Å². The predicted molar refractivity (Wildman–Crippen MR) is 89.4 cm³/mol. The third-order valence-corrected chi connectivity index (χ3v) is 3.81. The fourth-order valence-electron chi connectivity index (χ4n) is 2.33. The summed E-state index contributed by atoms with van der Waals surface area (Å²) in [7, 11) is 0. The van der Waals surface area contributed by atoms with Crippen LogP contribution in [0.4, 0.5) is 16.2 Å². The highest BCUT2D eigenvalue weighted by molar-refractivity contribution is 6.31. The molecule has 0 saturated heterocycles. The number of nitrogens with one attached hydrogen (secondary N) is 1. The minimum atomic E-state index is -0.235. The van der Waals surface area contributed by atoms with Crippen LogP contribution in [0.5, 0.6) is 5.75 Å². The standard InChI is InChI=1S/C16H14Cl2N2O2/c1-10-9-20(14-8-12(18)4-7-15(14)22-10)16(21)19-13-5-2-11(17)3-6-13/h2-8,10H,9H2,1H3,(H,19,21). The molecule has 0 bridgehead atoms. The van der Waals surface area contributed by atoms with Gasteiger partial charge in [0, 0.05) is 15.7 Å². The average Bonchev–Trinajstić information content (AvgIpc) is 2.49. The second kappa shape index (κ2) is 6.07. The van der Waals surface area contributed by atoms with Crippen LogP contribution in [0.3, 0.4) is 0 Å². The number of carbonyl (C=O) groups excluding carboxylic acids is 1. The van der Waals surface area contributed by atoms with Crippen molar-refractivity contribution in [1.29, 1.82) is 0 Å². The molecule has 0 radical (unpaired) electrons. The highest BCUT2D eigenvalue weighted by atomic mass is 35.5. The molecular formula is C16H14Cl2N2O2. The molecule has 1 aliphatic rings. The SMILES string of the molecule is CC1CN(C(=O)Nc2ccc(Cl)cc2)c2cc(Cl)ccc2O1. The molecule has 6 heteroatoms. The van der Waals surface area contributed by atoms with Gasteiger partial charge in [0.05, 0.1) is 12.2 Å². The first-order chi connectivity index (χ1) is 10.5. The third-order valence-electron chi connectivity index (χ3n) is 3.32. The first-order valence-corrected chi connectivity index (χ1v) is 7.59. The summed E-state index contributed by atoms with van der Waals surface area (Å²) in [5.74, 6) is 0.648. The van der Waals surface area contributed by atoms with Crippen molar-refractivity contribution >= 4 is 40.6 Å². The predicted octanol–water partition coefficient (Wildman–Crippen LogP) is 4.81. The van der Waals surface area contributed by atoms with Gasteiger partial charge in [0.1, 0.15) is 11.9 Å². The quantitative estimate of drug-likeness (QED) is 0.811. The van der Waals surface area contributed by atoms with Gasteiger partial charge in [-0.15, -0.1) is 0 Å². The number of nitrogens with zero attached hydrogens (tertiary/aromatic N) is 1. The van der Waals surface area contributed by atoms with Gasteiger partial charge in [-0.1, -0.05) is 23.2 Å². The number of halogens is 2. The monoisotopic (exact) mass is 336 g/mol. The number of amides is 2. The third kappa shape index (κ3) is 3.13. The van der Waals surface area contributed by atoms with Gasteiger partial charge in [0.25, 0.3) is 0 Å². The van der Waals surface area contributed by atoms with E-state index in [9.17, 15) is 4.79 Å². The summed E-state index contributed by atoms with van der Waals surface area (Å²) in [4.78, 5) is 14.2. The van der Waals surface area contributed by atoms with Gasteiger partial charge in [-0.05, 0) is 49.4 Å². The minimum Gasteiger partial charge on any atom is -0.487 e. The van der Waals surface area contributed by atoms with Crippen LogP contribution in [0.2, 0.25) is 10.0 Å². The van der Waals surface area contributed by atoms with Crippen molar-refractivity contribution in [3.05, 3.63) is 52.5 Å². The van der Waals surface area contributed by atoms with Gasteiger partial charge in [-0.3, -0.25) is 4.90 Å². The van der Waals surface area contributed by atoms with Crippen LogP contribution in [0.25, 0.3) is 0 Å². The van der Waals surface area contributed by atoms with Gasteiger partial charge in [-0.25, -0.2) is 4.79 Å². The molecule has 114 valence electrons. The molecule has 0 aromatic heterocycles. The van der Waals surface area contributed by atoms with E-state index in [1.54, 1.807) is 47.4 Å². The molecule has 1 heterocycles. The van der Waals surface area contributed by atoms with Crippen molar-refractivity contribution in [3.8, 4) is 5.75 Å². The van der Waals surface area contributed by atoms with Crippen LogP contribution in [0.1, 0.15) is 6.92 Å². The van der Waals surface area contributed by atoms with Crippen molar-refractivity contribution in [2.45, 2.75) is 13.0 Å². The maximum Gasteiger partial charge on any atom is 0.326 e. The van der Waals surface area contributed by atoms with Gasteiger partial charge in [0.2, 0.25) is 0 Å². The number of fused-ring (bicyclic) bond motifs is 1. The lowest BCUT2D eigenvalue weighted by atomic mass is 10.2. The Hall–Kier alpha value is -1.91. The van der Waals surface area contributed by atoms with Crippen LogP contribution in [0, 0.1) is 0 Å². The lowest BCUT2D eigenvalue weighted by Gasteiger charge is -2.33. The van der Waals surface area contributed by atoms with Crippen LogP contribution in [-0.4, -0.2) is 18.7 Å². The van der Waals surface area contributed by atoms with E-state index in [2.05, 4.69) is 5.32 Å². The van der Waals surface area contributed by atoms with Gasteiger partial charge < -0.3 is 10.1 Å². The summed E-state index contributed by atoms with van der Waals surface area (Å²) in [5, 5.41) is 4.03. The fourth-order valence-corrected chi connectivity index (χ4v) is 2.62. The number of urea groups is 1.